The fourth-order valence-electron chi connectivity index (χ4n) is 5.46. The fourth-order valence-corrected chi connectivity index (χ4v) is 7.38. The summed E-state index contributed by atoms with van der Waals surface area (Å²) < 4.78 is 60.4. The van der Waals surface area contributed by atoms with E-state index in [2.05, 4.69) is 29.9 Å². The van der Waals surface area contributed by atoms with Crippen molar-refractivity contribution in [2.24, 2.45) is 0 Å². The summed E-state index contributed by atoms with van der Waals surface area (Å²) in [5.41, 5.74) is 9.01. The van der Waals surface area contributed by atoms with Crippen molar-refractivity contribution in [3.8, 4) is 0 Å². The van der Waals surface area contributed by atoms with Gasteiger partial charge in [-0.15, -0.1) is 0 Å². The minimum absolute atomic E-state index is 0.110. The molecule has 0 saturated carbocycles. The van der Waals surface area contributed by atoms with Gasteiger partial charge in [0, 0.05) is 0 Å². The van der Waals surface area contributed by atoms with Crippen LogP contribution in [0.15, 0.2) is 22.2 Å². The van der Waals surface area contributed by atoms with Gasteiger partial charge in [-0.1, -0.05) is 0 Å². The normalized spacial score (nSPS) is 37.1. The molecular weight excluding hydrogens is 666 g/mol. The van der Waals surface area contributed by atoms with Crippen LogP contribution in [0.25, 0.3) is 22.3 Å². The molecule has 3 fully saturated rings. The number of rotatable bonds is 2. The minimum Gasteiger partial charge on any atom is -0.386 e. The maximum atomic E-state index is 13.1. The van der Waals surface area contributed by atoms with E-state index in [1.165, 1.54) is 0 Å². The van der Waals surface area contributed by atoms with E-state index in [1.54, 1.807) is 0 Å². The predicted molar refractivity (Wildman–Crippen MR) is 146 cm³/mol. The van der Waals surface area contributed by atoms with Gasteiger partial charge in [0.05, 0.1) is 13.2 Å². The Bertz CT molecular complexity index is 1900. The molecule has 0 aromatic carbocycles. The lowest BCUT2D eigenvalue weighted by Gasteiger charge is -2.27. The molecule has 26 heteroatoms. The highest BCUT2D eigenvalue weighted by molar-refractivity contribution is 7.47. The number of phosphoric ester groups is 2. The Kier molecular flexibility index (Phi) is 7.39. The van der Waals surface area contributed by atoms with Crippen LogP contribution in [0, 0.1) is 0 Å². The largest absolute Gasteiger partial charge is 0.472 e. The molecule has 0 radical (unpaired) electrons. The number of nitrogens with one attached hydrogen (secondary N) is 2. The second kappa shape index (κ2) is 11.0. The Morgan fingerprint density at radius 1 is 0.761 bits per heavy atom. The SMILES string of the molecule is Nc1nc2ncn([C@@H]3O[C@@H]4COP(=O)(O)O[C@@H]5[C@H](O)[C@@H](n6cnc7nc(N)[nH]c(=O)c76)O[C@H]5COP(=O)(O)O[C@H]4[C@H]3O)c2c(=O)[nH]1. The molecule has 0 aliphatic carbocycles. The number of ether oxygens (including phenoxy) is 2. The van der Waals surface area contributed by atoms with Crippen molar-refractivity contribution in [1.29, 1.82) is 0 Å². The molecule has 7 rings (SSSR count). The molecular formula is C20H24N10O14P2. The highest BCUT2D eigenvalue weighted by atomic mass is 31.2. The molecule has 46 heavy (non-hydrogen) atoms. The molecule has 4 aromatic heterocycles. The van der Waals surface area contributed by atoms with E-state index in [0.29, 0.717) is 0 Å². The van der Waals surface area contributed by atoms with Crippen molar-refractivity contribution in [3.05, 3.63) is 33.4 Å². The molecule has 24 nitrogen and oxygen atoms in total. The standard InChI is InChI=1S/C20H24N10O14P2/c21-19-25-13-7(15(33)27-19)29(3-23-13)17-9(31)11-5(41-17)1-39-45(35,36)44-12-6(2-40-46(37,38)43-11)42-18(10(12)32)30-4-24-14-8(30)16(34)28-20(22)26-14/h3-6,9-12,17-18,31-32H,1-2H2,(H,35,36)(H,37,38)(H3,21,25,27,33)(H3,22,26,28,34)/t5-,6+,9-,10+,11-,12+,17-,18+. The third-order valence-corrected chi connectivity index (χ3v) is 9.37. The maximum absolute atomic E-state index is 13.1. The van der Waals surface area contributed by atoms with Gasteiger partial charge in [0.2, 0.25) is 11.9 Å². The predicted octanol–water partition coefficient (Wildman–Crippen LogP) is -3.05. The summed E-state index contributed by atoms with van der Waals surface area (Å²) >= 11 is 0. The number of aliphatic hydroxyl groups excluding tert-OH is 2. The van der Waals surface area contributed by atoms with Crippen LogP contribution in [0.3, 0.4) is 0 Å². The third-order valence-electron chi connectivity index (χ3n) is 7.40. The summed E-state index contributed by atoms with van der Waals surface area (Å²) in [5.74, 6) is -0.463. The van der Waals surface area contributed by atoms with Crippen LogP contribution in [0.5, 0.6) is 0 Å². The van der Waals surface area contributed by atoms with Crippen LogP contribution in [-0.4, -0.2) is 109 Å². The molecule has 0 spiro atoms. The smallest absolute Gasteiger partial charge is 0.386 e. The van der Waals surface area contributed by atoms with Gasteiger partial charge >= 0.3 is 15.6 Å². The van der Waals surface area contributed by atoms with Crippen LogP contribution >= 0.6 is 15.6 Å². The average Bonchev–Trinajstić information content (AvgIpc) is 3.71. The molecule has 10 N–H and O–H groups in total. The number of hydrogen-bond donors (Lipinski definition) is 8. The van der Waals surface area contributed by atoms with E-state index in [1.807, 2.05) is 0 Å². The van der Waals surface area contributed by atoms with Gasteiger partial charge in [-0.25, -0.2) is 19.1 Å². The van der Waals surface area contributed by atoms with Crippen LogP contribution in [-0.2, 0) is 36.7 Å². The molecule has 248 valence electrons. The van der Waals surface area contributed by atoms with Crippen LogP contribution in [0.4, 0.5) is 11.9 Å². The van der Waals surface area contributed by atoms with E-state index in [4.69, 9.17) is 39.0 Å². The van der Waals surface area contributed by atoms with Crippen molar-refractivity contribution in [1.82, 2.24) is 39.0 Å². The van der Waals surface area contributed by atoms with Gasteiger partial charge < -0.3 is 40.9 Å². The lowest BCUT2D eigenvalue weighted by Crippen LogP contribution is -2.39. The topological polar surface area (TPSA) is 350 Å². The first-order valence-corrected chi connectivity index (χ1v) is 16.1. The van der Waals surface area contributed by atoms with Gasteiger partial charge in [-0.05, 0) is 0 Å². The van der Waals surface area contributed by atoms with Gasteiger partial charge in [-0.3, -0.25) is 46.8 Å². The number of aromatic amines is 2. The van der Waals surface area contributed by atoms with Crippen LogP contribution in [0.1, 0.15) is 12.5 Å². The van der Waals surface area contributed by atoms with E-state index < -0.39 is 89.1 Å². The maximum Gasteiger partial charge on any atom is 0.472 e. The first-order valence-electron chi connectivity index (χ1n) is 13.1. The van der Waals surface area contributed by atoms with E-state index in [0.717, 1.165) is 21.8 Å². The Labute approximate surface area is 253 Å². The molecule has 0 bridgehead atoms. The van der Waals surface area contributed by atoms with Gasteiger partial charge in [0.15, 0.2) is 34.8 Å². The summed E-state index contributed by atoms with van der Waals surface area (Å²) in [7, 11) is -10.2. The molecule has 4 aromatic rings. The Morgan fingerprint density at radius 2 is 1.15 bits per heavy atom. The number of nitrogens with two attached hydrogens (primary N) is 2. The summed E-state index contributed by atoms with van der Waals surface area (Å²) in [5, 5.41) is 22.2. The number of hydrogen-bond acceptors (Lipinski definition) is 18. The summed E-state index contributed by atoms with van der Waals surface area (Å²) in [6.07, 6.45) is -11.1. The zero-order valence-electron chi connectivity index (χ0n) is 22.8. The number of imidazole rings is 2. The number of aromatic nitrogens is 8. The van der Waals surface area contributed by atoms with E-state index in [-0.39, 0.29) is 34.2 Å². The average molecular weight is 690 g/mol. The minimum atomic E-state index is -5.11. The summed E-state index contributed by atoms with van der Waals surface area (Å²) in [4.78, 5) is 66.5. The van der Waals surface area contributed by atoms with Gasteiger partial charge in [0.1, 0.15) is 49.3 Å². The highest BCUT2D eigenvalue weighted by Gasteiger charge is 2.54. The number of phosphoric acid groups is 2. The second-order valence-electron chi connectivity index (χ2n) is 10.3. The molecule has 3 saturated heterocycles. The van der Waals surface area contributed by atoms with Crippen molar-refractivity contribution in [2.75, 3.05) is 24.7 Å². The number of anilines is 2. The zero-order chi connectivity index (χ0) is 32.7. The second-order valence-corrected chi connectivity index (χ2v) is 13.1. The number of H-pyrrole nitrogens is 2. The summed E-state index contributed by atoms with van der Waals surface area (Å²) in [6.45, 7) is -1.76. The van der Waals surface area contributed by atoms with Crippen molar-refractivity contribution in [3.63, 3.8) is 0 Å². The quantitative estimate of drug-likeness (QED) is 0.0968. The first-order chi connectivity index (χ1) is 21.7. The lowest BCUT2D eigenvalue weighted by atomic mass is 10.1. The van der Waals surface area contributed by atoms with Crippen LogP contribution in [0.2, 0.25) is 0 Å². The third kappa shape index (κ3) is 5.33. The molecule has 3 aliphatic heterocycles. The highest BCUT2D eigenvalue weighted by Crippen LogP contribution is 2.53. The summed E-state index contributed by atoms with van der Waals surface area (Å²) in [6, 6.07) is 0. The first kappa shape index (κ1) is 31.0. The molecule has 0 amide bonds. The number of aliphatic hydroxyl groups is 2. The Hall–Kier alpha value is -3.64. The molecule has 2 unspecified atom stereocenters. The molecule has 7 heterocycles. The van der Waals surface area contributed by atoms with E-state index in [9.17, 15) is 38.7 Å². The van der Waals surface area contributed by atoms with Crippen molar-refractivity contribution >= 4 is 49.9 Å². The zero-order valence-corrected chi connectivity index (χ0v) is 24.6. The van der Waals surface area contributed by atoms with Crippen molar-refractivity contribution in [2.45, 2.75) is 49.1 Å². The number of nitrogen functional groups attached to an aromatic ring is 2. The lowest BCUT2D eigenvalue weighted by molar-refractivity contribution is -0.0663. The van der Waals surface area contributed by atoms with E-state index >= 15 is 0 Å². The van der Waals surface area contributed by atoms with Gasteiger partial charge in [0.25, 0.3) is 11.1 Å². The molecule has 3 aliphatic rings. The molecule has 10 atom stereocenters. The van der Waals surface area contributed by atoms with Gasteiger partial charge in [-0.2, -0.15) is 9.97 Å². The Balaban J connectivity index is 1.18. The number of nitrogens with zero attached hydrogens (tertiary/aromatic N) is 6. The Morgan fingerprint density at radius 3 is 1.54 bits per heavy atom. The fraction of sp³-hybridized carbons (Fsp3) is 0.500. The van der Waals surface area contributed by atoms with Crippen LogP contribution < -0.4 is 22.6 Å². The number of fused-ring (bicyclic) bond motifs is 4. The van der Waals surface area contributed by atoms with Crippen molar-refractivity contribution < 1.29 is 56.7 Å². The monoisotopic (exact) mass is 690 g/mol.